The quantitative estimate of drug-likeness (QED) is 0.625. The second-order valence-corrected chi connectivity index (χ2v) is 6.30. The van der Waals surface area contributed by atoms with E-state index in [1.807, 2.05) is 24.9 Å². The first kappa shape index (κ1) is 18.3. The summed E-state index contributed by atoms with van der Waals surface area (Å²) in [5.41, 5.74) is 1.10. The van der Waals surface area contributed by atoms with Crippen LogP contribution in [0.4, 0.5) is 0 Å². The molecule has 1 amide bonds. The van der Waals surface area contributed by atoms with Crippen LogP contribution in [0, 0.1) is 6.92 Å². The van der Waals surface area contributed by atoms with Crippen LogP contribution in [0.25, 0.3) is 0 Å². The average molecular weight is 336 g/mol. The van der Waals surface area contributed by atoms with E-state index in [9.17, 15) is 4.79 Å². The number of hydrogen-bond acceptors (Lipinski definition) is 4. The second-order valence-electron chi connectivity index (χ2n) is 6.30. The lowest BCUT2D eigenvalue weighted by molar-refractivity contribution is -0.127. The molecule has 1 fully saturated rings. The third-order valence-corrected chi connectivity index (χ3v) is 4.11. The van der Waals surface area contributed by atoms with Crippen LogP contribution in [0.3, 0.4) is 0 Å². The fourth-order valence-corrected chi connectivity index (χ4v) is 2.51. The maximum Gasteiger partial charge on any atom is 0.243 e. The molecule has 1 aliphatic heterocycles. The Labute approximate surface area is 143 Å². The van der Waals surface area contributed by atoms with Gasteiger partial charge in [-0.2, -0.15) is 0 Å². The summed E-state index contributed by atoms with van der Waals surface area (Å²) in [5.74, 6) is 1.56. The summed E-state index contributed by atoms with van der Waals surface area (Å²) in [4.78, 5) is 19.8. The first-order valence-electron chi connectivity index (χ1n) is 8.31. The second kappa shape index (κ2) is 8.73. The van der Waals surface area contributed by atoms with Gasteiger partial charge in [-0.1, -0.05) is 0 Å². The van der Waals surface area contributed by atoms with Crippen LogP contribution in [-0.4, -0.2) is 68.6 Å². The number of ether oxygens (including phenoxy) is 1. The van der Waals surface area contributed by atoms with Gasteiger partial charge in [0.25, 0.3) is 0 Å². The number of hydrogen-bond donors (Lipinski definition) is 1. The van der Waals surface area contributed by atoms with Crippen molar-refractivity contribution in [3.8, 4) is 0 Å². The molecule has 1 aliphatic rings. The van der Waals surface area contributed by atoms with Crippen molar-refractivity contribution in [2.24, 2.45) is 4.99 Å². The third-order valence-electron chi connectivity index (χ3n) is 4.11. The number of carbonyl (C=O) groups is 1. The normalized spacial score (nSPS) is 17.8. The molecular weight excluding hydrogens is 308 g/mol. The highest BCUT2D eigenvalue weighted by molar-refractivity contribution is 5.84. The summed E-state index contributed by atoms with van der Waals surface area (Å²) in [6, 6.07) is 1.95. The Morgan fingerprint density at radius 2 is 2.21 bits per heavy atom. The predicted molar refractivity (Wildman–Crippen MR) is 92.9 cm³/mol. The molecule has 0 spiro atoms. The lowest BCUT2D eigenvalue weighted by Gasteiger charge is -2.23. The topological polar surface area (TPSA) is 70.3 Å². The van der Waals surface area contributed by atoms with Crippen molar-refractivity contribution in [3.63, 3.8) is 0 Å². The molecule has 2 rings (SSSR count). The smallest absolute Gasteiger partial charge is 0.243 e. The van der Waals surface area contributed by atoms with Crippen molar-refractivity contribution in [1.82, 2.24) is 15.1 Å². The number of aliphatic imine (C=N–C) groups is 1. The molecule has 1 atom stereocenters. The molecule has 0 radical (unpaired) electrons. The van der Waals surface area contributed by atoms with E-state index in [2.05, 4.69) is 10.3 Å². The first-order valence-corrected chi connectivity index (χ1v) is 8.31. The van der Waals surface area contributed by atoms with Crippen LogP contribution >= 0.6 is 0 Å². The maximum atomic E-state index is 11.8. The van der Waals surface area contributed by atoms with Gasteiger partial charge in [0.05, 0.1) is 12.4 Å². The average Bonchev–Trinajstić information content (AvgIpc) is 3.19. The van der Waals surface area contributed by atoms with E-state index in [0.717, 1.165) is 30.8 Å². The number of nitrogens with one attached hydrogen (secondary N) is 1. The molecule has 0 aromatic carbocycles. The maximum absolute atomic E-state index is 11.8. The summed E-state index contributed by atoms with van der Waals surface area (Å²) in [7, 11) is 5.42. The Bertz CT molecular complexity index is 562. The van der Waals surface area contributed by atoms with Gasteiger partial charge >= 0.3 is 0 Å². The van der Waals surface area contributed by atoms with Gasteiger partial charge in [-0.05, 0) is 25.8 Å². The van der Waals surface area contributed by atoms with Gasteiger partial charge in [0.2, 0.25) is 5.91 Å². The van der Waals surface area contributed by atoms with Crippen LogP contribution in [0.5, 0.6) is 0 Å². The third kappa shape index (κ3) is 5.26. The Kier molecular flexibility index (Phi) is 6.66. The molecule has 0 bridgehead atoms. The Morgan fingerprint density at radius 3 is 2.79 bits per heavy atom. The van der Waals surface area contributed by atoms with Crippen molar-refractivity contribution in [2.75, 3.05) is 40.8 Å². The zero-order valence-electron chi connectivity index (χ0n) is 15.0. The fourth-order valence-electron chi connectivity index (χ4n) is 2.51. The minimum atomic E-state index is -0.0284. The van der Waals surface area contributed by atoms with E-state index >= 15 is 0 Å². The molecule has 134 valence electrons. The van der Waals surface area contributed by atoms with Gasteiger partial charge < -0.3 is 24.3 Å². The van der Waals surface area contributed by atoms with Gasteiger partial charge in [-0.25, -0.2) is 4.99 Å². The molecule has 1 saturated heterocycles. The minimum absolute atomic E-state index is 0.0284. The highest BCUT2D eigenvalue weighted by atomic mass is 16.5. The SMILES string of the molecule is Cc1occc1CN(C)C(=NCC(=O)N(C)C)NCC1CCCO1. The molecule has 2 heterocycles. The highest BCUT2D eigenvalue weighted by Gasteiger charge is 2.18. The van der Waals surface area contributed by atoms with Crippen LogP contribution in [0.1, 0.15) is 24.2 Å². The number of carbonyl (C=O) groups excluding carboxylic acids is 1. The van der Waals surface area contributed by atoms with Crippen LogP contribution in [0.2, 0.25) is 0 Å². The molecular formula is C17H28N4O3. The Hall–Kier alpha value is -2.02. The number of likely N-dealkylation sites (N-methyl/N-ethyl adjacent to an activating group) is 1. The zero-order chi connectivity index (χ0) is 17.5. The van der Waals surface area contributed by atoms with Crippen molar-refractivity contribution < 1.29 is 13.9 Å². The summed E-state index contributed by atoms with van der Waals surface area (Å²) in [6.07, 6.45) is 4.05. The van der Waals surface area contributed by atoms with Crippen LogP contribution < -0.4 is 5.32 Å². The van der Waals surface area contributed by atoms with E-state index in [-0.39, 0.29) is 18.6 Å². The van der Waals surface area contributed by atoms with Crippen molar-refractivity contribution in [3.05, 3.63) is 23.7 Å². The van der Waals surface area contributed by atoms with Crippen LogP contribution in [0.15, 0.2) is 21.7 Å². The van der Waals surface area contributed by atoms with E-state index < -0.39 is 0 Å². The van der Waals surface area contributed by atoms with E-state index in [1.54, 1.807) is 25.3 Å². The van der Waals surface area contributed by atoms with Crippen molar-refractivity contribution in [1.29, 1.82) is 0 Å². The molecule has 1 aromatic heterocycles. The lowest BCUT2D eigenvalue weighted by Crippen LogP contribution is -2.42. The van der Waals surface area contributed by atoms with Crippen LogP contribution in [-0.2, 0) is 16.1 Å². The summed E-state index contributed by atoms with van der Waals surface area (Å²) < 4.78 is 11.0. The lowest BCUT2D eigenvalue weighted by atomic mass is 10.2. The predicted octanol–water partition coefficient (Wildman–Crippen LogP) is 1.23. The first-order chi connectivity index (χ1) is 11.5. The summed E-state index contributed by atoms with van der Waals surface area (Å²) in [5, 5.41) is 3.34. The number of aryl methyl sites for hydroxylation is 1. The molecule has 7 nitrogen and oxygen atoms in total. The molecule has 1 unspecified atom stereocenters. The van der Waals surface area contributed by atoms with Gasteiger partial charge in [0.15, 0.2) is 5.96 Å². The number of nitrogens with zero attached hydrogens (tertiary/aromatic N) is 3. The Morgan fingerprint density at radius 1 is 1.42 bits per heavy atom. The zero-order valence-corrected chi connectivity index (χ0v) is 15.0. The Balaban J connectivity index is 2.00. The standard InChI is InChI=1S/C17H28N4O3/c1-13-14(7-9-23-13)12-21(4)17(19-11-16(22)20(2)3)18-10-15-6-5-8-24-15/h7,9,15H,5-6,8,10-12H2,1-4H3,(H,18,19). The highest BCUT2D eigenvalue weighted by Crippen LogP contribution is 2.12. The number of guanidine groups is 1. The van der Waals surface area contributed by atoms with E-state index in [0.29, 0.717) is 19.0 Å². The summed E-state index contributed by atoms with van der Waals surface area (Å²) in [6.45, 7) is 4.24. The van der Waals surface area contributed by atoms with Crippen molar-refractivity contribution in [2.45, 2.75) is 32.4 Å². The molecule has 1 N–H and O–H groups in total. The van der Waals surface area contributed by atoms with E-state index in [1.165, 1.54) is 0 Å². The largest absolute Gasteiger partial charge is 0.469 e. The van der Waals surface area contributed by atoms with E-state index in [4.69, 9.17) is 9.15 Å². The summed E-state index contributed by atoms with van der Waals surface area (Å²) >= 11 is 0. The van der Waals surface area contributed by atoms with Gasteiger partial charge in [0.1, 0.15) is 12.3 Å². The number of furan rings is 1. The van der Waals surface area contributed by atoms with Gasteiger partial charge in [-0.3, -0.25) is 4.79 Å². The number of rotatable bonds is 6. The molecule has 0 aliphatic carbocycles. The minimum Gasteiger partial charge on any atom is -0.469 e. The molecule has 0 saturated carbocycles. The van der Waals surface area contributed by atoms with Gasteiger partial charge in [0, 0.05) is 46.4 Å². The molecule has 24 heavy (non-hydrogen) atoms. The van der Waals surface area contributed by atoms with Crippen molar-refractivity contribution >= 4 is 11.9 Å². The number of amides is 1. The van der Waals surface area contributed by atoms with Gasteiger partial charge in [-0.15, -0.1) is 0 Å². The fraction of sp³-hybridized carbons (Fsp3) is 0.647. The molecule has 7 heteroatoms. The molecule has 1 aromatic rings. The monoisotopic (exact) mass is 336 g/mol.